The van der Waals surface area contributed by atoms with Crippen molar-refractivity contribution < 1.29 is 4.74 Å². The van der Waals surface area contributed by atoms with Gasteiger partial charge in [0, 0.05) is 39.1 Å². The molecule has 7 heteroatoms. The Morgan fingerprint density at radius 2 is 2.30 bits per heavy atom. The van der Waals surface area contributed by atoms with Crippen LogP contribution in [0.4, 0.5) is 0 Å². The first-order valence-corrected chi connectivity index (χ1v) is 7.03. The fourth-order valence-electron chi connectivity index (χ4n) is 2.52. The van der Waals surface area contributed by atoms with Crippen LogP contribution in [-0.2, 0) is 25.4 Å². The number of imidazole rings is 2. The molecule has 0 aromatic carbocycles. The number of halogens is 1. The van der Waals surface area contributed by atoms with Gasteiger partial charge >= 0.3 is 0 Å². The average molecular weight is 296 g/mol. The van der Waals surface area contributed by atoms with Crippen molar-refractivity contribution >= 4 is 11.6 Å². The van der Waals surface area contributed by atoms with Crippen molar-refractivity contribution in [2.24, 2.45) is 14.1 Å². The van der Waals surface area contributed by atoms with Crippen molar-refractivity contribution in [2.75, 3.05) is 6.61 Å². The lowest BCUT2D eigenvalue weighted by atomic mass is 10.1. The van der Waals surface area contributed by atoms with Crippen LogP contribution in [0.5, 0.6) is 0 Å². The van der Waals surface area contributed by atoms with Crippen LogP contribution >= 0.6 is 11.6 Å². The number of aryl methyl sites for hydroxylation is 1. The van der Waals surface area contributed by atoms with Crippen LogP contribution in [0.1, 0.15) is 24.2 Å². The molecular formula is C13H18ClN5O. The zero-order valence-corrected chi connectivity index (χ0v) is 12.3. The molecule has 3 rings (SSSR count). The van der Waals surface area contributed by atoms with Crippen molar-refractivity contribution in [3.05, 3.63) is 35.4 Å². The van der Waals surface area contributed by atoms with E-state index in [-0.39, 0.29) is 12.1 Å². The fraction of sp³-hybridized carbons (Fsp3) is 0.538. The molecule has 0 spiro atoms. The summed E-state index contributed by atoms with van der Waals surface area (Å²) in [5, 5.41) is 4.14. The van der Waals surface area contributed by atoms with Gasteiger partial charge in [0.05, 0.1) is 12.7 Å². The van der Waals surface area contributed by atoms with Gasteiger partial charge in [-0.05, 0) is 6.42 Å². The number of hydrogen-bond donors (Lipinski definition) is 1. The van der Waals surface area contributed by atoms with Crippen molar-refractivity contribution in [1.82, 2.24) is 24.4 Å². The minimum Gasteiger partial charge on any atom is -0.369 e. The predicted molar refractivity (Wildman–Crippen MR) is 75.4 cm³/mol. The molecule has 0 amide bonds. The molecule has 0 aliphatic carbocycles. The van der Waals surface area contributed by atoms with Gasteiger partial charge in [0.25, 0.3) is 0 Å². The number of hydrogen-bond acceptors (Lipinski definition) is 4. The maximum Gasteiger partial charge on any atom is 0.139 e. The quantitative estimate of drug-likeness (QED) is 0.927. The van der Waals surface area contributed by atoms with E-state index in [0.717, 1.165) is 24.7 Å². The van der Waals surface area contributed by atoms with Crippen LogP contribution in [0.15, 0.2) is 18.6 Å². The van der Waals surface area contributed by atoms with Crippen molar-refractivity contribution in [3.63, 3.8) is 0 Å². The van der Waals surface area contributed by atoms with E-state index in [4.69, 9.17) is 16.3 Å². The van der Waals surface area contributed by atoms with E-state index >= 15 is 0 Å². The molecule has 1 aliphatic rings. The van der Waals surface area contributed by atoms with E-state index in [1.165, 1.54) is 0 Å². The molecule has 0 radical (unpaired) electrons. The zero-order chi connectivity index (χ0) is 14.1. The third-order valence-corrected chi connectivity index (χ3v) is 4.11. The first-order chi connectivity index (χ1) is 9.66. The SMILES string of the molecule is Cn1ccnc1[C@H]1OCC[C@@H]1NCc1ncc(Cl)n1C. The Labute approximate surface area is 122 Å². The highest BCUT2D eigenvalue weighted by Crippen LogP contribution is 2.27. The van der Waals surface area contributed by atoms with E-state index in [1.54, 1.807) is 12.4 Å². The molecule has 108 valence electrons. The van der Waals surface area contributed by atoms with Crippen molar-refractivity contribution in [3.8, 4) is 0 Å². The van der Waals surface area contributed by atoms with Gasteiger partial charge in [-0.15, -0.1) is 0 Å². The molecule has 1 aliphatic heterocycles. The molecule has 3 heterocycles. The monoisotopic (exact) mass is 295 g/mol. The van der Waals surface area contributed by atoms with Crippen LogP contribution < -0.4 is 5.32 Å². The molecule has 0 bridgehead atoms. The normalized spacial score (nSPS) is 22.6. The maximum absolute atomic E-state index is 5.99. The van der Waals surface area contributed by atoms with E-state index < -0.39 is 0 Å². The molecule has 1 saturated heterocycles. The topological polar surface area (TPSA) is 56.9 Å². The Morgan fingerprint density at radius 3 is 2.95 bits per heavy atom. The second-order valence-corrected chi connectivity index (χ2v) is 5.41. The Hall–Kier alpha value is -1.37. The van der Waals surface area contributed by atoms with E-state index in [9.17, 15) is 0 Å². The lowest BCUT2D eigenvalue weighted by Gasteiger charge is -2.19. The minimum atomic E-state index is -0.00857. The number of aromatic nitrogens is 4. The fourth-order valence-corrected chi connectivity index (χ4v) is 2.66. The molecule has 1 fully saturated rings. The zero-order valence-electron chi connectivity index (χ0n) is 11.6. The Bertz CT molecular complexity index is 593. The largest absolute Gasteiger partial charge is 0.369 e. The third-order valence-electron chi connectivity index (χ3n) is 3.75. The number of nitrogens with one attached hydrogen (secondary N) is 1. The van der Waals surface area contributed by atoms with Gasteiger partial charge in [-0.1, -0.05) is 11.6 Å². The maximum atomic E-state index is 5.99. The number of nitrogens with zero attached hydrogens (tertiary/aromatic N) is 4. The minimum absolute atomic E-state index is 0.00857. The van der Waals surface area contributed by atoms with E-state index in [0.29, 0.717) is 11.7 Å². The molecule has 0 saturated carbocycles. The molecule has 1 N–H and O–H groups in total. The Morgan fingerprint density at radius 1 is 1.45 bits per heavy atom. The Balaban J connectivity index is 1.68. The predicted octanol–water partition coefficient (Wildman–Crippen LogP) is 1.43. The summed E-state index contributed by atoms with van der Waals surface area (Å²) in [6, 6.07) is 0.242. The van der Waals surface area contributed by atoms with Gasteiger partial charge in [-0.3, -0.25) is 0 Å². The highest BCUT2D eigenvalue weighted by molar-refractivity contribution is 6.29. The summed E-state index contributed by atoms with van der Waals surface area (Å²) in [6.45, 7) is 1.41. The summed E-state index contributed by atoms with van der Waals surface area (Å²) < 4.78 is 9.69. The summed E-state index contributed by atoms with van der Waals surface area (Å²) in [5.74, 6) is 1.87. The van der Waals surface area contributed by atoms with Crippen LogP contribution in [0.25, 0.3) is 0 Å². The molecule has 2 aromatic heterocycles. The molecule has 2 aromatic rings. The summed E-state index contributed by atoms with van der Waals surface area (Å²) in [4.78, 5) is 8.67. The van der Waals surface area contributed by atoms with Gasteiger partial charge in [-0.25, -0.2) is 9.97 Å². The highest BCUT2D eigenvalue weighted by Gasteiger charge is 2.32. The summed E-state index contributed by atoms with van der Waals surface area (Å²) in [7, 11) is 3.90. The number of ether oxygens (including phenoxy) is 1. The van der Waals surface area contributed by atoms with Gasteiger partial charge in [0.15, 0.2) is 0 Å². The molecule has 2 atom stereocenters. The average Bonchev–Trinajstić information content (AvgIpc) is 3.11. The van der Waals surface area contributed by atoms with Gasteiger partial charge in [0.1, 0.15) is 22.9 Å². The lowest BCUT2D eigenvalue weighted by molar-refractivity contribution is 0.0891. The van der Waals surface area contributed by atoms with Gasteiger partial charge < -0.3 is 19.2 Å². The lowest BCUT2D eigenvalue weighted by Crippen LogP contribution is -2.33. The van der Waals surface area contributed by atoms with E-state index in [2.05, 4.69) is 15.3 Å². The molecular weight excluding hydrogens is 278 g/mol. The van der Waals surface area contributed by atoms with Crippen LogP contribution in [0.3, 0.4) is 0 Å². The van der Waals surface area contributed by atoms with Gasteiger partial charge in [-0.2, -0.15) is 0 Å². The second-order valence-electron chi connectivity index (χ2n) is 5.02. The van der Waals surface area contributed by atoms with E-state index in [1.807, 2.05) is 29.4 Å². The van der Waals surface area contributed by atoms with Crippen LogP contribution in [0.2, 0.25) is 5.15 Å². The molecule has 0 unspecified atom stereocenters. The smallest absolute Gasteiger partial charge is 0.139 e. The van der Waals surface area contributed by atoms with Crippen molar-refractivity contribution in [2.45, 2.75) is 25.1 Å². The summed E-state index contributed by atoms with van der Waals surface area (Å²) >= 11 is 5.99. The molecule has 6 nitrogen and oxygen atoms in total. The van der Waals surface area contributed by atoms with Crippen LogP contribution in [-0.4, -0.2) is 31.8 Å². The highest BCUT2D eigenvalue weighted by atomic mass is 35.5. The standard InChI is InChI=1S/C13H18ClN5O/c1-18-5-4-15-13(18)12-9(3-6-20-12)16-8-11-17-7-10(14)19(11)2/h4-5,7,9,12,16H,3,6,8H2,1-2H3/t9-,12-/m0/s1. The Kier molecular flexibility index (Phi) is 3.78. The summed E-state index contributed by atoms with van der Waals surface area (Å²) in [6.07, 6.45) is 6.36. The summed E-state index contributed by atoms with van der Waals surface area (Å²) in [5.41, 5.74) is 0. The van der Waals surface area contributed by atoms with Crippen molar-refractivity contribution in [1.29, 1.82) is 0 Å². The third kappa shape index (κ3) is 2.46. The number of rotatable bonds is 4. The first kappa shape index (κ1) is 13.6. The van der Waals surface area contributed by atoms with Gasteiger partial charge in [0.2, 0.25) is 0 Å². The molecule has 20 heavy (non-hydrogen) atoms. The first-order valence-electron chi connectivity index (χ1n) is 6.65. The second kappa shape index (κ2) is 5.55. The van der Waals surface area contributed by atoms with Crippen LogP contribution in [0, 0.1) is 0 Å².